The molecule has 0 bridgehead atoms. The summed E-state index contributed by atoms with van der Waals surface area (Å²) in [6, 6.07) is 6.38. The molecule has 1 heterocycles. The first-order valence-corrected chi connectivity index (χ1v) is 5.61. The van der Waals surface area contributed by atoms with E-state index in [0.717, 1.165) is 19.4 Å². The largest absolute Gasteiger partial charge is 0.573 e. The Morgan fingerprint density at radius 3 is 2.65 bits per heavy atom. The average Bonchev–Trinajstić information content (AvgIpc) is 2.29. The topological polar surface area (TPSA) is 21.3 Å². The van der Waals surface area contributed by atoms with Gasteiger partial charge in [0.15, 0.2) is 0 Å². The number of halogens is 3. The molecule has 0 aliphatic carbocycles. The molecule has 0 saturated carbocycles. The lowest BCUT2D eigenvalue weighted by molar-refractivity contribution is -0.275. The van der Waals surface area contributed by atoms with Crippen molar-refractivity contribution in [2.45, 2.75) is 25.1 Å². The van der Waals surface area contributed by atoms with Gasteiger partial charge in [0.2, 0.25) is 0 Å². The molecule has 1 aromatic carbocycles. The third-order valence-electron chi connectivity index (χ3n) is 2.88. The third kappa shape index (κ3) is 3.36. The fourth-order valence-electron chi connectivity index (χ4n) is 2.15. The molecule has 1 saturated heterocycles. The van der Waals surface area contributed by atoms with Crippen LogP contribution in [0, 0.1) is 0 Å². The highest BCUT2D eigenvalue weighted by atomic mass is 19.4. The molecule has 1 aromatic rings. The number of ether oxygens (including phenoxy) is 1. The Balaban J connectivity index is 2.20. The molecule has 1 aliphatic rings. The quantitative estimate of drug-likeness (QED) is 0.864. The van der Waals surface area contributed by atoms with Gasteiger partial charge >= 0.3 is 6.36 Å². The number of para-hydroxylation sites is 1. The first-order valence-electron chi connectivity index (χ1n) is 5.61. The van der Waals surface area contributed by atoms with E-state index in [1.165, 1.54) is 6.07 Å². The highest BCUT2D eigenvalue weighted by Crippen LogP contribution is 2.33. The fourth-order valence-corrected chi connectivity index (χ4v) is 2.15. The van der Waals surface area contributed by atoms with Crippen molar-refractivity contribution in [1.82, 2.24) is 5.32 Å². The average molecular weight is 245 g/mol. The number of benzene rings is 1. The molecule has 5 heteroatoms. The molecule has 0 radical (unpaired) electrons. The van der Waals surface area contributed by atoms with Gasteiger partial charge in [-0.05, 0) is 31.0 Å². The molecule has 1 atom stereocenters. The van der Waals surface area contributed by atoms with E-state index < -0.39 is 6.36 Å². The molecule has 1 fully saturated rings. The van der Waals surface area contributed by atoms with Gasteiger partial charge in [0.05, 0.1) is 0 Å². The van der Waals surface area contributed by atoms with Crippen molar-refractivity contribution in [2.24, 2.45) is 0 Å². The van der Waals surface area contributed by atoms with Crippen LogP contribution in [-0.2, 0) is 0 Å². The molecule has 1 aliphatic heterocycles. The predicted molar refractivity (Wildman–Crippen MR) is 58.0 cm³/mol. The van der Waals surface area contributed by atoms with E-state index in [1.54, 1.807) is 18.2 Å². The first kappa shape index (κ1) is 12.2. The van der Waals surface area contributed by atoms with Crippen LogP contribution in [0.4, 0.5) is 13.2 Å². The summed E-state index contributed by atoms with van der Waals surface area (Å²) in [5.41, 5.74) is 0.636. The van der Waals surface area contributed by atoms with Crippen LogP contribution in [0.3, 0.4) is 0 Å². The molecule has 0 amide bonds. The van der Waals surface area contributed by atoms with E-state index in [-0.39, 0.29) is 11.7 Å². The second kappa shape index (κ2) is 4.96. The van der Waals surface area contributed by atoms with Gasteiger partial charge in [-0.25, -0.2) is 0 Å². The summed E-state index contributed by atoms with van der Waals surface area (Å²) in [6.45, 7) is 1.64. The minimum Gasteiger partial charge on any atom is -0.405 e. The molecule has 0 unspecified atom stereocenters. The second-order valence-corrected chi connectivity index (χ2v) is 4.13. The lowest BCUT2D eigenvalue weighted by Crippen LogP contribution is -2.29. The van der Waals surface area contributed by atoms with Crippen molar-refractivity contribution < 1.29 is 17.9 Å². The van der Waals surface area contributed by atoms with Gasteiger partial charge in [0.1, 0.15) is 5.75 Å². The Morgan fingerprint density at radius 2 is 2.00 bits per heavy atom. The molecular formula is C12H14F3NO. The summed E-state index contributed by atoms with van der Waals surface area (Å²) in [5, 5.41) is 3.19. The summed E-state index contributed by atoms with van der Waals surface area (Å²) >= 11 is 0. The minimum absolute atomic E-state index is 0.0753. The predicted octanol–water partition coefficient (Wildman–Crippen LogP) is 3.05. The summed E-state index contributed by atoms with van der Waals surface area (Å²) < 4.78 is 40.8. The Labute approximate surface area is 97.8 Å². The summed E-state index contributed by atoms with van der Waals surface area (Å²) in [7, 11) is 0. The number of alkyl halides is 3. The van der Waals surface area contributed by atoms with Gasteiger partial charge in [-0.15, -0.1) is 13.2 Å². The Bertz CT molecular complexity index is 372. The second-order valence-electron chi connectivity index (χ2n) is 4.13. The third-order valence-corrected chi connectivity index (χ3v) is 2.88. The van der Waals surface area contributed by atoms with Crippen molar-refractivity contribution in [1.29, 1.82) is 0 Å². The Morgan fingerprint density at radius 1 is 1.24 bits per heavy atom. The molecular weight excluding hydrogens is 231 g/mol. The zero-order chi connectivity index (χ0) is 12.3. The lowest BCUT2D eigenvalue weighted by Gasteiger charge is -2.25. The smallest absolute Gasteiger partial charge is 0.405 e. The van der Waals surface area contributed by atoms with Crippen LogP contribution in [0.2, 0.25) is 0 Å². The zero-order valence-electron chi connectivity index (χ0n) is 9.26. The first-order chi connectivity index (χ1) is 8.06. The maximum Gasteiger partial charge on any atom is 0.573 e. The summed E-state index contributed by atoms with van der Waals surface area (Å²) in [5.74, 6) is 0.0241. The minimum atomic E-state index is -4.63. The molecule has 2 rings (SSSR count). The van der Waals surface area contributed by atoms with Crippen LogP contribution in [0.15, 0.2) is 24.3 Å². The van der Waals surface area contributed by atoms with Crippen LogP contribution in [0.25, 0.3) is 0 Å². The normalized spacial score (nSPS) is 21.2. The number of hydrogen-bond acceptors (Lipinski definition) is 2. The van der Waals surface area contributed by atoms with Gasteiger partial charge in [-0.1, -0.05) is 18.2 Å². The van der Waals surface area contributed by atoms with Crippen molar-refractivity contribution in [3.63, 3.8) is 0 Å². The van der Waals surface area contributed by atoms with Crippen molar-refractivity contribution in [2.75, 3.05) is 13.1 Å². The van der Waals surface area contributed by atoms with Crippen LogP contribution in [0.1, 0.15) is 24.3 Å². The Kier molecular flexibility index (Phi) is 3.57. The number of piperidine rings is 1. The fraction of sp³-hybridized carbons (Fsp3) is 0.500. The van der Waals surface area contributed by atoms with Crippen LogP contribution < -0.4 is 10.1 Å². The lowest BCUT2D eigenvalue weighted by atomic mass is 9.91. The van der Waals surface area contributed by atoms with E-state index in [2.05, 4.69) is 10.1 Å². The molecule has 0 spiro atoms. The highest BCUT2D eigenvalue weighted by Gasteiger charge is 2.33. The maximum absolute atomic E-state index is 12.3. The van der Waals surface area contributed by atoms with E-state index in [9.17, 15) is 13.2 Å². The van der Waals surface area contributed by atoms with E-state index >= 15 is 0 Å². The van der Waals surface area contributed by atoms with Gasteiger partial charge in [-0.2, -0.15) is 0 Å². The molecule has 1 N–H and O–H groups in total. The number of rotatable bonds is 2. The monoisotopic (exact) mass is 245 g/mol. The van der Waals surface area contributed by atoms with Crippen molar-refractivity contribution in [3.05, 3.63) is 29.8 Å². The van der Waals surface area contributed by atoms with Gasteiger partial charge in [-0.3, -0.25) is 0 Å². The number of nitrogens with one attached hydrogen (secondary N) is 1. The number of hydrogen-bond donors (Lipinski definition) is 1. The van der Waals surface area contributed by atoms with E-state index in [0.29, 0.717) is 12.1 Å². The van der Waals surface area contributed by atoms with E-state index in [1.807, 2.05) is 0 Å². The SMILES string of the molecule is FC(F)(F)Oc1ccccc1[C@H]1CCCNC1. The van der Waals surface area contributed by atoms with Crippen LogP contribution >= 0.6 is 0 Å². The van der Waals surface area contributed by atoms with Crippen molar-refractivity contribution in [3.8, 4) is 5.75 Å². The summed E-state index contributed by atoms with van der Waals surface area (Å²) in [4.78, 5) is 0. The van der Waals surface area contributed by atoms with Gasteiger partial charge in [0.25, 0.3) is 0 Å². The van der Waals surface area contributed by atoms with Crippen LogP contribution in [-0.4, -0.2) is 19.5 Å². The molecule has 17 heavy (non-hydrogen) atoms. The summed E-state index contributed by atoms with van der Waals surface area (Å²) in [6.07, 6.45) is -2.76. The highest BCUT2D eigenvalue weighted by molar-refractivity contribution is 5.36. The molecule has 0 aromatic heterocycles. The van der Waals surface area contributed by atoms with Crippen molar-refractivity contribution >= 4 is 0 Å². The zero-order valence-corrected chi connectivity index (χ0v) is 9.26. The molecule has 94 valence electrons. The van der Waals surface area contributed by atoms with E-state index in [4.69, 9.17) is 0 Å². The standard InChI is InChI=1S/C12H14F3NO/c13-12(14,15)17-11-6-2-1-5-10(11)9-4-3-7-16-8-9/h1-2,5-6,9,16H,3-4,7-8H2/t9-/m0/s1. The van der Waals surface area contributed by atoms with Gasteiger partial charge in [0, 0.05) is 12.5 Å². The molecule has 2 nitrogen and oxygen atoms in total. The van der Waals surface area contributed by atoms with Crippen LogP contribution in [0.5, 0.6) is 5.75 Å². The maximum atomic E-state index is 12.3. The Hall–Kier alpha value is -1.23. The van der Waals surface area contributed by atoms with Gasteiger partial charge < -0.3 is 10.1 Å².